The van der Waals surface area contributed by atoms with Gasteiger partial charge < -0.3 is 4.74 Å². The average Bonchev–Trinajstić information content (AvgIpc) is 2.48. The number of sulfonamides is 1. The van der Waals surface area contributed by atoms with Gasteiger partial charge in [0.05, 0.1) is 11.8 Å². The summed E-state index contributed by atoms with van der Waals surface area (Å²) in [6.45, 7) is 0. The first-order valence-corrected chi connectivity index (χ1v) is 7.46. The zero-order valence-electron chi connectivity index (χ0n) is 10.9. The maximum Gasteiger partial charge on any atom is 0.355 e. The van der Waals surface area contributed by atoms with Gasteiger partial charge in [-0.05, 0) is 24.3 Å². The van der Waals surface area contributed by atoms with E-state index in [1.807, 2.05) is 0 Å². The lowest BCUT2D eigenvalue weighted by Crippen LogP contribution is -2.34. The van der Waals surface area contributed by atoms with Gasteiger partial charge in [-0.1, -0.05) is 12.1 Å². The lowest BCUT2D eigenvalue weighted by atomic mass is 10.2. The Hall–Kier alpha value is -2.55. The van der Waals surface area contributed by atoms with E-state index in [0.29, 0.717) is 5.75 Å². The number of hydrogen-bond donors (Lipinski definition) is 1. The number of ether oxygens (including phenoxy) is 1. The summed E-state index contributed by atoms with van der Waals surface area (Å²) < 4.78 is 53.4. The third kappa shape index (κ3) is 3.76. The van der Waals surface area contributed by atoms with Gasteiger partial charge in [0.25, 0.3) is 15.9 Å². The van der Waals surface area contributed by atoms with E-state index in [1.165, 1.54) is 35.3 Å². The van der Waals surface area contributed by atoms with Gasteiger partial charge in [-0.2, -0.15) is 8.78 Å². The topological polar surface area (TPSA) is 85.4 Å². The van der Waals surface area contributed by atoms with E-state index in [-0.39, 0.29) is 11.3 Å². The quantitative estimate of drug-likeness (QED) is 0.909. The lowest BCUT2D eigenvalue weighted by molar-refractivity contribution is 0.0974. The van der Waals surface area contributed by atoms with Gasteiger partial charge in [0.15, 0.2) is 0 Å². The van der Waals surface area contributed by atoms with Crippen molar-refractivity contribution in [1.82, 2.24) is 9.71 Å². The lowest BCUT2D eigenvalue weighted by Gasteiger charge is -2.11. The van der Waals surface area contributed by atoms with Gasteiger partial charge in [0.1, 0.15) is 11.5 Å². The summed E-state index contributed by atoms with van der Waals surface area (Å²) in [4.78, 5) is 15.7. The Morgan fingerprint density at radius 3 is 2.55 bits per heavy atom. The second-order valence-electron chi connectivity index (χ2n) is 4.02. The number of nitrogens with one attached hydrogen (secondary N) is 1. The number of nitrogens with zero attached hydrogens (tertiary/aromatic N) is 1. The molecule has 2 rings (SSSR count). The number of benzene rings is 1. The van der Waals surface area contributed by atoms with Crippen molar-refractivity contribution in [2.24, 2.45) is 0 Å². The zero-order valence-corrected chi connectivity index (χ0v) is 11.8. The monoisotopic (exact) mass is 328 g/mol. The molecule has 0 saturated carbocycles. The predicted octanol–water partition coefficient (Wildman–Crippen LogP) is 2.16. The molecule has 0 aliphatic rings. The molecule has 9 heteroatoms. The van der Waals surface area contributed by atoms with Crippen LogP contribution in [0.2, 0.25) is 0 Å². The molecule has 0 aliphatic heterocycles. The Morgan fingerprint density at radius 1 is 1.18 bits per heavy atom. The number of amides is 1. The Bertz CT molecular complexity index is 767. The first-order chi connectivity index (χ1) is 10.4. The van der Waals surface area contributed by atoms with Gasteiger partial charge in [0, 0.05) is 6.20 Å². The molecule has 1 N–H and O–H groups in total. The number of halogens is 2. The summed E-state index contributed by atoms with van der Waals surface area (Å²) >= 11 is 0. The molecular formula is C13H10F2N2O4S. The molecule has 1 aromatic carbocycles. The molecule has 0 aliphatic carbocycles. The molecule has 6 nitrogen and oxygen atoms in total. The highest BCUT2D eigenvalue weighted by Gasteiger charge is 2.27. The molecule has 0 unspecified atom stereocenters. The van der Waals surface area contributed by atoms with E-state index in [1.54, 1.807) is 18.2 Å². The number of pyridine rings is 1. The van der Waals surface area contributed by atoms with Crippen LogP contribution in [0.5, 0.6) is 11.5 Å². The highest BCUT2D eigenvalue weighted by Crippen LogP contribution is 2.24. The molecule has 0 atom stereocenters. The molecule has 1 heterocycles. The summed E-state index contributed by atoms with van der Waals surface area (Å²) in [5, 5.41) is 0. The third-order valence-electron chi connectivity index (χ3n) is 2.46. The maximum atomic E-state index is 12.3. The molecule has 116 valence electrons. The van der Waals surface area contributed by atoms with Crippen molar-refractivity contribution >= 4 is 15.9 Å². The molecule has 1 amide bonds. The molecule has 0 saturated heterocycles. The number of rotatable bonds is 5. The van der Waals surface area contributed by atoms with Crippen molar-refractivity contribution in [2.45, 2.75) is 5.76 Å². The maximum absolute atomic E-state index is 12.3. The van der Waals surface area contributed by atoms with Gasteiger partial charge in [-0.25, -0.2) is 13.1 Å². The zero-order chi connectivity index (χ0) is 16.2. The molecule has 0 bridgehead atoms. The third-order valence-corrected chi connectivity index (χ3v) is 3.40. The van der Waals surface area contributed by atoms with E-state index < -0.39 is 21.7 Å². The van der Waals surface area contributed by atoms with Crippen molar-refractivity contribution < 1.29 is 26.7 Å². The Labute approximate surface area is 124 Å². The van der Waals surface area contributed by atoms with E-state index in [0.717, 1.165) is 0 Å². The Kier molecular flexibility index (Phi) is 4.66. The highest BCUT2D eigenvalue weighted by molar-refractivity contribution is 7.90. The smallest absolute Gasteiger partial charge is 0.355 e. The molecule has 0 fully saturated rings. The van der Waals surface area contributed by atoms with Gasteiger partial charge in [-0.15, -0.1) is 0 Å². The summed E-state index contributed by atoms with van der Waals surface area (Å²) in [7, 11) is -5.04. The van der Waals surface area contributed by atoms with Gasteiger partial charge in [-0.3, -0.25) is 9.78 Å². The largest absolute Gasteiger partial charge is 0.455 e. The molecule has 0 spiro atoms. The van der Waals surface area contributed by atoms with Crippen LogP contribution in [0, 0.1) is 0 Å². The standard InChI is InChI=1S/C13H10F2N2O4S/c14-13(15)22(19,20)17-12(18)10-5-1-2-6-11(10)21-9-4-3-7-16-8-9/h1-8,13H,(H,17,18). The van der Waals surface area contributed by atoms with E-state index in [4.69, 9.17) is 4.74 Å². The molecule has 0 radical (unpaired) electrons. The first kappa shape index (κ1) is 15.8. The van der Waals surface area contributed by atoms with Crippen molar-refractivity contribution in [2.75, 3.05) is 0 Å². The van der Waals surface area contributed by atoms with Crippen molar-refractivity contribution in [3.05, 3.63) is 54.4 Å². The molecule has 1 aromatic heterocycles. The van der Waals surface area contributed by atoms with Crippen LogP contribution in [0.15, 0.2) is 48.8 Å². The Balaban J connectivity index is 2.27. The van der Waals surface area contributed by atoms with Crippen LogP contribution in [0.25, 0.3) is 0 Å². The minimum Gasteiger partial charge on any atom is -0.455 e. The summed E-state index contributed by atoms with van der Waals surface area (Å²) in [5.74, 6) is -4.60. The van der Waals surface area contributed by atoms with Crippen LogP contribution >= 0.6 is 0 Å². The van der Waals surface area contributed by atoms with E-state index >= 15 is 0 Å². The average molecular weight is 328 g/mol. The second-order valence-corrected chi connectivity index (χ2v) is 5.67. The van der Waals surface area contributed by atoms with Crippen molar-refractivity contribution in [1.29, 1.82) is 0 Å². The SMILES string of the molecule is O=C(NS(=O)(=O)C(F)F)c1ccccc1Oc1cccnc1. The Morgan fingerprint density at radius 2 is 1.91 bits per heavy atom. The first-order valence-electron chi connectivity index (χ1n) is 5.91. The van der Waals surface area contributed by atoms with Crippen molar-refractivity contribution in [3.63, 3.8) is 0 Å². The fraction of sp³-hybridized carbons (Fsp3) is 0.0769. The number of alkyl halides is 2. The van der Waals surface area contributed by atoms with E-state index in [9.17, 15) is 22.0 Å². The summed E-state index contributed by atoms with van der Waals surface area (Å²) in [6.07, 6.45) is 2.89. The van der Waals surface area contributed by atoms with Crippen LogP contribution in [0.3, 0.4) is 0 Å². The minimum absolute atomic E-state index is 0.0115. The molecule has 22 heavy (non-hydrogen) atoms. The van der Waals surface area contributed by atoms with Crippen LogP contribution in [0.1, 0.15) is 10.4 Å². The number of para-hydroxylation sites is 1. The van der Waals surface area contributed by atoms with Crippen LogP contribution in [-0.4, -0.2) is 25.1 Å². The van der Waals surface area contributed by atoms with Crippen LogP contribution in [-0.2, 0) is 10.0 Å². The number of carbonyl (C=O) groups excluding carboxylic acids is 1. The fourth-order valence-electron chi connectivity index (χ4n) is 1.51. The van der Waals surface area contributed by atoms with Crippen LogP contribution < -0.4 is 9.46 Å². The van der Waals surface area contributed by atoms with Gasteiger partial charge >= 0.3 is 5.76 Å². The highest BCUT2D eigenvalue weighted by atomic mass is 32.2. The van der Waals surface area contributed by atoms with Crippen LogP contribution in [0.4, 0.5) is 8.78 Å². The summed E-state index contributed by atoms with van der Waals surface area (Å²) in [6, 6.07) is 8.81. The number of carbonyl (C=O) groups is 1. The summed E-state index contributed by atoms with van der Waals surface area (Å²) in [5.41, 5.74) is -0.199. The normalized spacial score (nSPS) is 11.2. The fourth-order valence-corrected chi connectivity index (χ4v) is 1.96. The van der Waals surface area contributed by atoms with Crippen molar-refractivity contribution in [3.8, 4) is 11.5 Å². The second kappa shape index (κ2) is 6.48. The molecular weight excluding hydrogens is 318 g/mol. The van der Waals surface area contributed by atoms with Gasteiger partial charge in [0.2, 0.25) is 0 Å². The molecule has 2 aromatic rings. The van der Waals surface area contributed by atoms with E-state index in [2.05, 4.69) is 4.98 Å². The number of aromatic nitrogens is 1. The number of hydrogen-bond acceptors (Lipinski definition) is 5. The predicted molar refractivity (Wildman–Crippen MR) is 73.1 cm³/mol. The minimum atomic E-state index is -5.04.